The fourth-order valence-electron chi connectivity index (χ4n) is 2.13. The number of hydrogen-bond acceptors (Lipinski definition) is 6. The van der Waals surface area contributed by atoms with Crippen LogP contribution < -0.4 is 4.74 Å². The number of halogens is 1. The second kappa shape index (κ2) is 6.17. The van der Waals surface area contributed by atoms with Crippen LogP contribution in [-0.4, -0.2) is 32.7 Å². The van der Waals surface area contributed by atoms with Crippen molar-refractivity contribution >= 4 is 25.4 Å². The molecule has 0 radical (unpaired) electrons. The van der Waals surface area contributed by atoms with Gasteiger partial charge in [-0.25, -0.2) is 8.42 Å². The lowest BCUT2D eigenvalue weighted by Gasteiger charge is -2.13. The van der Waals surface area contributed by atoms with Gasteiger partial charge in [-0.15, -0.1) is 0 Å². The second-order valence-corrected chi connectivity index (χ2v) is 7.26. The molecule has 1 aliphatic rings. The van der Waals surface area contributed by atoms with Gasteiger partial charge in [-0.2, -0.15) is 0 Å². The molecule has 21 heavy (non-hydrogen) atoms. The van der Waals surface area contributed by atoms with Crippen molar-refractivity contribution in [2.45, 2.75) is 30.8 Å². The minimum atomic E-state index is -4.05. The van der Waals surface area contributed by atoms with Crippen LogP contribution in [0.3, 0.4) is 0 Å². The summed E-state index contributed by atoms with van der Waals surface area (Å²) in [4.78, 5) is 10.1. The summed E-state index contributed by atoms with van der Waals surface area (Å²) in [5, 5.41) is 11.1. The van der Waals surface area contributed by atoms with Crippen LogP contribution in [0.1, 0.15) is 18.4 Å². The number of hydrogen-bond donors (Lipinski definition) is 0. The highest BCUT2D eigenvalue weighted by molar-refractivity contribution is 8.13. The van der Waals surface area contributed by atoms with Gasteiger partial charge in [0.05, 0.1) is 15.9 Å². The molecule has 0 aromatic heterocycles. The number of nitrogens with zero attached hydrogens (tertiary/aromatic N) is 1. The predicted molar refractivity (Wildman–Crippen MR) is 75.3 cm³/mol. The Kier molecular flexibility index (Phi) is 4.70. The van der Waals surface area contributed by atoms with Crippen molar-refractivity contribution in [3.8, 4) is 5.75 Å². The summed E-state index contributed by atoms with van der Waals surface area (Å²) in [6.07, 6.45) is 1.67. The van der Waals surface area contributed by atoms with Crippen molar-refractivity contribution in [2.24, 2.45) is 0 Å². The van der Waals surface area contributed by atoms with Gasteiger partial charge in [0.25, 0.3) is 9.05 Å². The molecule has 0 amide bonds. The number of ether oxygens (including phenoxy) is 2. The molecule has 0 spiro atoms. The van der Waals surface area contributed by atoms with Gasteiger partial charge in [-0.3, -0.25) is 10.1 Å². The third kappa shape index (κ3) is 3.84. The van der Waals surface area contributed by atoms with E-state index in [1.165, 1.54) is 13.0 Å². The molecule has 9 heteroatoms. The molecule has 1 aromatic rings. The highest BCUT2D eigenvalue weighted by Gasteiger charge is 2.25. The average Bonchev–Trinajstić information content (AvgIpc) is 2.87. The zero-order valence-electron chi connectivity index (χ0n) is 11.2. The van der Waals surface area contributed by atoms with Crippen molar-refractivity contribution in [3.63, 3.8) is 0 Å². The number of rotatable bonds is 5. The fraction of sp³-hybridized carbons (Fsp3) is 0.500. The van der Waals surface area contributed by atoms with E-state index in [0.717, 1.165) is 18.9 Å². The second-order valence-electron chi connectivity index (χ2n) is 4.73. The van der Waals surface area contributed by atoms with Crippen LogP contribution >= 0.6 is 10.7 Å². The Bertz CT molecular complexity index is 654. The van der Waals surface area contributed by atoms with Crippen LogP contribution in [-0.2, 0) is 13.8 Å². The molecule has 0 saturated carbocycles. The topological polar surface area (TPSA) is 95.7 Å². The highest BCUT2D eigenvalue weighted by atomic mass is 35.7. The number of aryl methyl sites for hydroxylation is 1. The normalized spacial score (nSPS) is 18.7. The monoisotopic (exact) mass is 335 g/mol. The Morgan fingerprint density at radius 1 is 1.52 bits per heavy atom. The first-order valence-electron chi connectivity index (χ1n) is 6.27. The standard InChI is InChI=1S/C12H14ClNO6S/c1-8-5-11(20-7-9-3-2-4-19-9)10(14(15)16)6-12(8)21(13,17)18/h5-6,9H,2-4,7H2,1H3. The first kappa shape index (κ1) is 16.0. The molecular weight excluding hydrogens is 322 g/mol. The molecule has 1 fully saturated rings. The van der Waals surface area contributed by atoms with Crippen molar-refractivity contribution < 1.29 is 22.8 Å². The quantitative estimate of drug-likeness (QED) is 0.465. The molecule has 2 rings (SSSR count). The molecule has 1 heterocycles. The third-order valence-corrected chi connectivity index (χ3v) is 4.63. The lowest BCUT2D eigenvalue weighted by molar-refractivity contribution is -0.386. The van der Waals surface area contributed by atoms with E-state index in [2.05, 4.69) is 0 Å². The van der Waals surface area contributed by atoms with E-state index in [4.69, 9.17) is 20.2 Å². The Morgan fingerprint density at radius 3 is 2.76 bits per heavy atom. The number of benzene rings is 1. The van der Waals surface area contributed by atoms with Gasteiger partial charge >= 0.3 is 5.69 Å². The van der Waals surface area contributed by atoms with Crippen molar-refractivity contribution in [1.29, 1.82) is 0 Å². The maximum Gasteiger partial charge on any atom is 0.312 e. The maximum absolute atomic E-state index is 11.4. The summed E-state index contributed by atoms with van der Waals surface area (Å²) in [5.74, 6) is 0.0112. The van der Waals surface area contributed by atoms with Crippen LogP contribution in [0.4, 0.5) is 5.69 Å². The van der Waals surface area contributed by atoms with E-state index in [9.17, 15) is 18.5 Å². The molecule has 1 aromatic carbocycles. The molecule has 1 unspecified atom stereocenters. The summed E-state index contributed by atoms with van der Waals surface area (Å²) in [6, 6.07) is 2.23. The Morgan fingerprint density at radius 2 is 2.24 bits per heavy atom. The van der Waals surface area contributed by atoms with E-state index in [-0.39, 0.29) is 28.9 Å². The lowest BCUT2D eigenvalue weighted by Crippen LogP contribution is -2.17. The van der Waals surface area contributed by atoms with Crippen molar-refractivity contribution in [3.05, 3.63) is 27.8 Å². The van der Waals surface area contributed by atoms with E-state index < -0.39 is 19.7 Å². The zero-order valence-corrected chi connectivity index (χ0v) is 12.8. The smallest absolute Gasteiger partial charge is 0.312 e. The van der Waals surface area contributed by atoms with Crippen molar-refractivity contribution in [1.82, 2.24) is 0 Å². The van der Waals surface area contributed by atoms with Crippen LogP contribution in [0.15, 0.2) is 17.0 Å². The zero-order chi connectivity index (χ0) is 15.6. The molecule has 0 bridgehead atoms. The minimum Gasteiger partial charge on any atom is -0.484 e. The number of nitro groups is 1. The van der Waals surface area contributed by atoms with Gasteiger partial charge in [0.2, 0.25) is 0 Å². The van der Waals surface area contributed by atoms with Gasteiger partial charge < -0.3 is 9.47 Å². The summed E-state index contributed by atoms with van der Waals surface area (Å²) < 4.78 is 33.6. The van der Waals surface area contributed by atoms with Gasteiger partial charge in [0.15, 0.2) is 5.75 Å². The summed E-state index contributed by atoms with van der Waals surface area (Å²) >= 11 is 0. The van der Waals surface area contributed by atoms with Crippen LogP contribution in [0.5, 0.6) is 5.75 Å². The minimum absolute atomic E-state index is 0.0112. The van der Waals surface area contributed by atoms with Crippen LogP contribution in [0.25, 0.3) is 0 Å². The summed E-state index contributed by atoms with van der Waals surface area (Å²) in [6.45, 7) is 2.34. The molecule has 0 N–H and O–H groups in total. The number of nitro benzene ring substituents is 1. The van der Waals surface area contributed by atoms with Gasteiger partial charge in [-0.1, -0.05) is 0 Å². The first-order chi connectivity index (χ1) is 9.79. The summed E-state index contributed by atoms with van der Waals surface area (Å²) in [5.41, 5.74) is -0.143. The molecule has 1 saturated heterocycles. The SMILES string of the molecule is Cc1cc(OCC2CCCO2)c([N+](=O)[O-])cc1S(=O)(=O)Cl. The molecule has 116 valence electrons. The Hall–Kier alpha value is -1.38. The molecular formula is C12H14ClNO6S. The first-order valence-corrected chi connectivity index (χ1v) is 8.58. The van der Waals surface area contributed by atoms with Gasteiger partial charge in [-0.05, 0) is 31.4 Å². The Labute approximate surface area is 126 Å². The van der Waals surface area contributed by atoms with E-state index in [1.54, 1.807) is 0 Å². The van der Waals surface area contributed by atoms with E-state index in [0.29, 0.717) is 6.61 Å². The van der Waals surface area contributed by atoms with E-state index >= 15 is 0 Å². The Balaban J connectivity index is 2.31. The summed E-state index contributed by atoms with van der Waals surface area (Å²) in [7, 11) is 1.21. The molecule has 0 aliphatic carbocycles. The predicted octanol–water partition coefficient (Wildman–Crippen LogP) is 2.39. The molecule has 7 nitrogen and oxygen atoms in total. The average molecular weight is 336 g/mol. The molecule has 1 atom stereocenters. The van der Waals surface area contributed by atoms with Gasteiger partial charge in [0.1, 0.15) is 6.61 Å². The largest absolute Gasteiger partial charge is 0.484 e. The van der Waals surface area contributed by atoms with E-state index in [1.807, 2.05) is 0 Å². The van der Waals surface area contributed by atoms with Crippen molar-refractivity contribution in [2.75, 3.05) is 13.2 Å². The van der Waals surface area contributed by atoms with Gasteiger partial charge in [0, 0.05) is 23.4 Å². The third-order valence-electron chi connectivity index (χ3n) is 3.16. The van der Waals surface area contributed by atoms with Crippen LogP contribution in [0.2, 0.25) is 0 Å². The fourth-order valence-corrected chi connectivity index (χ4v) is 3.32. The highest BCUT2D eigenvalue weighted by Crippen LogP contribution is 2.34. The maximum atomic E-state index is 11.4. The molecule has 1 aliphatic heterocycles. The van der Waals surface area contributed by atoms with Crippen LogP contribution in [0, 0.1) is 17.0 Å². The lowest BCUT2D eigenvalue weighted by atomic mass is 10.2.